The molecule has 1 aromatic carbocycles. The van der Waals surface area contributed by atoms with Gasteiger partial charge < -0.3 is 0 Å². The maximum atomic E-state index is 11.0. The third-order valence-corrected chi connectivity index (χ3v) is 3.69. The fourth-order valence-electron chi connectivity index (χ4n) is 2.46. The van der Waals surface area contributed by atoms with E-state index < -0.39 is 0 Å². The molecule has 19 heavy (non-hydrogen) atoms. The van der Waals surface area contributed by atoms with Crippen LogP contribution in [0.1, 0.15) is 76.2 Å². The summed E-state index contributed by atoms with van der Waals surface area (Å²) in [5.74, 6) is -0.0266. The first kappa shape index (κ1) is 15.9. The topological polar surface area (TPSA) is 17.1 Å². The predicted molar refractivity (Wildman–Crippen MR) is 82.1 cm³/mol. The van der Waals surface area contributed by atoms with Gasteiger partial charge in [0.25, 0.3) is 0 Å². The first-order valence-electron chi connectivity index (χ1n) is 7.81. The van der Waals surface area contributed by atoms with Gasteiger partial charge in [0.05, 0.1) is 5.92 Å². The van der Waals surface area contributed by atoms with Crippen molar-refractivity contribution in [2.45, 2.75) is 70.6 Å². The molecule has 0 spiro atoms. The molecule has 0 fully saturated rings. The van der Waals surface area contributed by atoms with Crippen LogP contribution in [-0.2, 0) is 4.79 Å². The van der Waals surface area contributed by atoms with Crippen LogP contribution in [0.25, 0.3) is 0 Å². The van der Waals surface area contributed by atoms with Crippen LogP contribution in [-0.4, -0.2) is 6.29 Å². The van der Waals surface area contributed by atoms with Crippen molar-refractivity contribution in [3.05, 3.63) is 35.9 Å². The van der Waals surface area contributed by atoms with Crippen LogP contribution in [0, 0.1) is 0 Å². The van der Waals surface area contributed by atoms with E-state index in [1.54, 1.807) is 0 Å². The molecule has 0 aliphatic rings. The van der Waals surface area contributed by atoms with E-state index in [1.807, 2.05) is 30.3 Å². The summed E-state index contributed by atoms with van der Waals surface area (Å²) in [6.45, 7) is 2.25. The maximum absolute atomic E-state index is 11.0. The first-order chi connectivity index (χ1) is 9.38. The van der Waals surface area contributed by atoms with E-state index in [0.717, 1.165) is 18.4 Å². The largest absolute Gasteiger partial charge is 0.290 e. The predicted octanol–water partition coefficient (Wildman–Crippen LogP) is 5.41. The molecule has 0 saturated heterocycles. The monoisotopic (exact) mass is 259 g/mol. The first-order valence-corrected chi connectivity index (χ1v) is 7.81. The Labute approximate surface area is 118 Å². The Hall–Kier alpha value is -1.11. The number of hydrogen-bond acceptors (Lipinski definition) is 1. The Morgan fingerprint density at radius 1 is 0.895 bits per heavy atom. The van der Waals surface area contributed by atoms with Crippen molar-refractivity contribution in [1.82, 2.24) is 0 Å². The number of benzene rings is 1. The summed E-state index contributed by atoms with van der Waals surface area (Å²) in [5, 5.41) is 0. The molecule has 0 amide bonds. The lowest BCUT2D eigenvalue weighted by Crippen LogP contribution is -1.99. The van der Waals surface area contributed by atoms with E-state index >= 15 is 0 Å². The van der Waals surface area contributed by atoms with Crippen molar-refractivity contribution in [2.75, 3.05) is 0 Å². The lowest BCUT2D eigenvalue weighted by Gasteiger charge is -2.09. The molecule has 1 atom stereocenters. The van der Waals surface area contributed by atoms with Crippen molar-refractivity contribution in [1.29, 1.82) is 0 Å². The van der Waals surface area contributed by atoms with Crippen LogP contribution in [0.2, 0.25) is 0 Å². The van der Waals surface area contributed by atoms with Crippen molar-refractivity contribution in [2.24, 2.45) is 0 Å². The van der Waals surface area contributed by atoms with Gasteiger partial charge in [0.1, 0.15) is 0 Å². The van der Waals surface area contributed by atoms with Gasteiger partial charge in [-0.1, -0.05) is 88.6 Å². The van der Waals surface area contributed by atoms with E-state index in [4.69, 9.17) is 0 Å². The summed E-state index contributed by atoms with van der Waals surface area (Å²) in [4.78, 5) is 11.0. The Morgan fingerprint density at radius 3 is 2.05 bits per heavy atom. The highest BCUT2D eigenvalue weighted by atomic mass is 16.1. The second kappa shape index (κ2) is 10.8. The highest BCUT2D eigenvalue weighted by Gasteiger charge is 2.10. The van der Waals surface area contributed by atoms with Gasteiger partial charge in [-0.3, -0.25) is 4.79 Å². The Bertz CT molecular complexity index is 318. The van der Waals surface area contributed by atoms with Crippen molar-refractivity contribution < 1.29 is 4.79 Å². The van der Waals surface area contributed by atoms with Gasteiger partial charge >= 0.3 is 0 Å². The summed E-state index contributed by atoms with van der Waals surface area (Å²) in [5.41, 5.74) is 1.11. The Balaban J connectivity index is 2.09. The highest BCUT2D eigenvalue weighted by molar-refractivity contribution is 5.62. The number of unbranched alkanes of at least 4 members (excludes halogenated alkanes) is 7. The zero-order valence-corrected chi connectivity index (χ0v) is 12.2. The van der Waals surface area contributed by atoms with Crippen LogP contribution in [0.15, 0.2) is 30.3 Å². The summed E-state index contributed by atoms with van der Waals surface area (Å²) in [6, 6.07) is 10.0. The summed E-state index contributed by atoms with van der Waals surface area (Å²) < 4.78 is 0. The molecule has 0 bridgehead atoms. The van der Waals surface area contributed by atoms with Crippen LogP contribution in [0.3, 0.4) is 0 Å². The summed E-state index contributed by atoms with van der Waals surface area (Å²) in [6.07, 6.45) is 13.6. The molecule has 0 aliphatic carbocycles. The van der Waals surface area contributed by atoms with Crippen molar-refractivity contribution in [3.8, 4) is 0 Å². The van der Waals surface area contributed by atoms with E-state index in [0.29, 0.717) is 0 Å². The molecular formula is C18H27O. The fourth-order valence-corrected chi connectivity index (χ4v) is 2.46. The maximum Gasteiger partial charge on any atom is 0.206 e. The van der Waals surface area contributed by atoms with Gasteiger partial charge in [-0.2, -0.15) is 0 Å². The molecule has 0 aromatic heterocycles. The minimum Gasteiger partial charge on any atom is -0.290 e. The highest BCUT2D eigenvalue weighted by Crippen LogP contribution is 2.20. The Morgan fingerprint density at radius 2 is 1.47 bits per heavy atom. The molecule has 1 radical (unpaired) electrons. The van der Waals surface area contributed by atoms with Crippen molar-refractivity contribution >= 4 is 6.29 Å². The van der Waals surface area contributed by atoms with Crippen LogP contribution in [0.4, 0.5) is 0 Å². The van der Waals surface area contributed by atoms with E-state index in [9.17, 15) is 4.79 Å². The quantitative estimate of drug-likeness (QED) is 0.485. The molecule has 1 unspecified atom stereocenters. The SMILES string of the molecule is CCCCCCCCCCC([C]=O)c1ccccc1. The van der Waals surface area contributed by atoms with Crippen LogP contribution >= 0.6 is 0 Å². The van der Waals surface area contributed by atoms with Gasteiger partial charge in [-0.25, -0.2) is 0 Å². The Kier molecular flexibility index (Phi) is 9.05. The third-order valence-electron chi connectivity index (χ3n) is 3.69. The molecule has 105 valence electrons. The smallest absolute Gasteiger partial charge is 0.206 e. The standard InChI is InChI=1S/C18H27O/c1-2-3-4-5-6-7-8-10-15-18(16-19)17-13-11-9-12-14-17/h9,11-14,18H,2-8,10,15H2,1H3. The lowest BCUT2D eigenvalue weighted by molar-refractivity contribution is 0.521. The summed E-state index contributed by atoms with van der Waals surface area (Å²) >= 11 is 0. The number of rotatable bonds is 11. The molecule has 0 saturated carbocycles. The zero-order valence-electron chi connectivity index (χ0n) is 12.2. The normalized spacial score (nSPS) is 12.3. The third kappa shape index (κ3) is 7.15. The van der Waals surface area contributed by atoms with E-state index in [2.05, 4.69) is 13.2 Å². The molecular weight excluding hydrogens is 232 g/mol. The van der Waals surface area contributed by atoms with E-state index in [1.165, 1.54) is 44.9 Å². The lowest BCUT2D eigenvalue weighted by atomic mass is 9.94. The van der Waals surface area contributed by atoms with Crippen molar-refractivity contribution in [3.63, 3.8) is 0 Å². The molecule has 0 heterocycles. The van der Waals surface area contributed by atoms with Crippen LogP contribution < -0.4 is 0 Å². The molecule has 1 rings (SSSR count). The minimum atomic E-state index is -0.0266. The fraction of sp³-hybridized carbons (Fsp3) is 0.611. The number of carbonyl (C=O) groups excluding carboxylic acids is 1. The molecule has 1 heteroatoms. The molecule has 1 nitrogen and oxygen atoms in total. The van der Waals surface area contributed by atoms with Crippen LogP contribution in [0.5, 0.6) is 0 Å². The average molecular weight is 259 g/mol. The molecule has 1 aromatic rings. The molecule has 0 N–H and O–H groups in total. The van der Waals surface area contributed by atoms with Gasteiger partial charge in [0.2, 0.25) is 6.29 Å². The van der Waals surface area contributed by atoms with E-state index in [-0.39, 0.29) is 5.92 Å². The van der Waals surface area contributed by atoms with Gasteiger partial charge in [0.15, 0.2) is 0 Å². The minimum absolute atomic E-state index is 0.0266. The zero-order chi connectivity index (χ0) is 13.8. The summed E-state index contributed by atoms with van der Waals surface area (Å²) in [7, 11) is 0. The molecule has 0 aliphatic heterocycles. The van der Waals surface area contributed by atoms with Gasteiger partial charge in [-0.15, -0.1) is 0 Å². The second-order valence-corrected chi connectivity index (χ2v) is 5.34. The van der Waals surface area contributed by atoms with Gasteiger partial charge in [-0.05, 0) is 12.0 Å². The average Bonchev–Trinajstić information content (AvgIpc) is 2.47. The van der Waals surface area contributed by atoms with Gasteiger partial charge in [0, 0.05) is 0 Å². The second-order valence-electron chi connectivity index (χ2n) is 5.34. The number of hydrogen-bond donors (Lipinski definition) is 0.